The van der Waals surface area contributed by atoms with Gasteiger partial charge in [0.25, 0.3) is 0 Å². The molecule has 0 fully saturated rings. The Morgan fingerprint density at radius 1 is 1.60 bits per heavy atom. The van der Waals surface area contributed by atoms with E-state index in [1.165, 1.54) is 0 Å². The van der Waals surface area contributed by atoms with Gasteiger partial charge in [-0.1, -0.05) is 0 Å². The quantitative estimate of drug-likeness (QED) is 0.510. The van der Waals surface area contributed by atoms with E-state index in [9.17, 15) is 9.59 Å². The van der Waals surface area contributed by atoms with Gasteiger partial charge in [0.15, 0.2) is 0 Å². The van der Waals surface area contributed by atoms with Crippen molar-refractivity contribution < 1.29 is 9.59 Å². The fourth-order valence-corrected chi connectivity index (χ4v) is 0.507. The molecule has 58 valence electrons. The molecule has 0 radical (unpaired) electrons. The number of nitrogens with one attached hydrogen (secondary N) is 2. The Labute approximate surface area is 60.0 Å². The molecule has 10 heavy (non-hydrogen) atoms. The third-order valence-electron chi connectivity index (χ3n) is 0.796. The molecule has 0 atom stereocenters. The van der Waals surface area contributed by atoms with Crippen molar-refractivity contribution in [2.45, 2.75) is 19.9 Å². The molecular formula is C6H12N2O2. The molecule has 2 N–H and O–H groups in total. The van der Waals surface area contributed by atoms with Crippen LogP contribution in [0.15, 0.2) is 0 Å². The van der Waals surface area contributed by atoms with Crippen LogP contribution in [0.1, 0.15) is 13.8 Å². The van der Waals surface area contributed by atoms with Gasteiger partial charge in [0.2, 0.25) is 12.3 Å². The summed E-state index contributed by atoms with van der Waals surface area (Å²) in [6, 6.07) is 0.126. The lowest BCUT2D eigenvalue weighted by Gasteiger charge is -2.06. The highest BCUT2D eigenvalue weighted by molar-refractivity contribution is 5.79. The molecule has 0 aliphatic carbocycles. The van der Waals surface area contributed by atoms with Crippen LogP contribution in [0, 0.1) is 0 Å². The van der Waals surface area contributed by atoms with Gasteiger partial charge in [0.1, 0.15) is 0 Å². The van der Waals surface area contributed by atoms with E-state index in [0.717, 1.165) is 0 Å². The summed E-state index contributed by atoms with van der Waals surface area (Å²) in [4.78, 5) is 20.4. The molecule has 0 unspecified atom stereocenters. The van der Waals surface area contributed by atoms with Crippen molar-refractivity contribution in [2.24, 2.45) is 0 Å². The molecule has 0 saturated heterocycles. The first-order valence-electron chi connectivity index (χ1n) is 3.13. The minimum atomic E-state index is -0.165. The van der Waals surface area contributed by atoms with Crippen molar-refractivity contribution in [2.75, 3.05) is 6.54 Å². The van der Waals surface area contributed by atoms with Crippen LogP contribution in [0.25, 0.3) is 0 Å². The first-order valence-corrected chi connectivity index (χ1v) is 3.13. The van der Waals surface area contributed by atoms with E-state index in [2.05, 4.69) is 10.6 Å². The highest BCUT2D eigenvalue weighted by Gasteiger charge is 1.99. The van der Waals surface area contributed by atoms with E-state index >= 15 is 0 Å². The van der Waals surface area contributed by atoms with Gasteiger partial charge >= 0.3 is 0 Å². The van der Waals surface area contributed by atoms with Crippen molar-refractivity contribution in [3.63, 3.8) is 0 Å². The van der Waals surface area contributed by atoms with Gasteiger partial charge in [-0.05, 0) is 13.8 Å². The summed E-state index contributed by atoms with van der Waals surface area (Å²) in [7, 11) is 0. The lowest BCUT2D eigenvalue weighted by molar-refractivity contribution is -0.122. The van der Waals surface area contributed by atoms with E-state index in [4.69, 9.17) is 0 Å². The topological polar surface area (TPSA) is 58.2 Å². The molecule has 0 spiro atoms. The highest BCUT2D eigenvalue weighted by Crippen LogP contribution is 1.74. The lowest BCUT2D eigenvalue weighted by Crippen LogP contribution is -2.37. The number of hydrogen-bond donors (Lipinski definition) is 2. The highest BCUT2D eigenvalue weighted by atomic mass is 16.2. The normalized spacial score (nSPS) is 9.10. The summed E-state index contributed by atoms with van der Waals surface area (Å²) in [6.07, 6.45) is 0.500. The predicted molar refractivity (Wildman–Crippen MR) is 37.3 cm³/mol. The van der Waals surface area contributed by atoms with Crippen molar-refractivity contribution in [3.05, 3.63) is 0 Å². The predicted octanol–water partition coefficient (Wildman–Crippen LogP) is -0.743. The second kappa shape index (κ2) is 4.78. The zero-order chi connectivity index (χ0) is 7.98. The Bertz CT molecular complexity index is 123. The van der Waals surface area contributed by atoms with Gasteiger partial charge < -0.3 is 10.6 Å². The third-order valence-corrected chi connectivity index (χ3v) is 0.796. The molecular weight excluding hydrogens is 132 g/mol. The van der Waals surface area contributed by atoms with Crippen LogP contribution in [0.5, 0.6) is 0 Å². The van der Waals surface area contributed by atoms with Crippen LogP contribution in [0.2, 0.25) is 0 Å². The van der Waals surface area contributed by atoms with Crippen molar-refractivity contribution >= 4 is 12.3 Å². The van der Waals surface area contributed by atoms with Gasteiger partial charge in [0, 0.05) is 6.04 Å². The molecule has 0 aromatic rings. The average molecular weight is 144 g/mol. The molecule has 0 aliphatic heterocycles. The standard InChI is InChI=1S/C6H12N2O2/c1-5(2)8-6(10)3-7-4-9/h4-5H,3H2,1-2H3,(H,7,9)(H,8,10). The van der Waals surface area contributed by atoms with E-state index in [-0.39, 0.29) is 18.5 Å². The monoisotopic (exact) mass is 144 g/mol. The summed E-state index contributed by atoms with van der Waals surface area (Å²) >= 11 is 0. The fourth-order valence-electron chi connectivity index (χ4n) is 0.507. The van der Waals surface area contributed by atoms with Crippen LogP contribution in [0.4, 0.5) is 0 Å². The van der Waals surface area contributed by atoms with Gasteiger partial charge in [0.05, 0.1) is 6.54 Å². The molecule has 0 aromatic heterocycles. The SMILES string of the molecule is CC(C)NC(=O)CNC=O. The maximum absolute atomic E-state index is 10.7. The minimum Gasteiger partial charge on any atom is -0.352 e. The zero-order valence-corrected chi connectivity index (χ0v) is 6.18. The molecule has 4 nitrogen and oxygen atoms in total. The van der Waals surface area contributed by atoms with E-state index < -0.39 is 0 Å². The van der Waals surface area contributed by atoms with Crippen LogP contribution in [-0.2, 0) is 9.59 Å². The second-order valence-electron chi connectivity index (χ2n) is 2.22. The smallest absolute Gasteiger partial charge is 0.239 e. The fraction of sp³-hybridized carbons (Fsp3) is 0.667. The maximum Gasteiger partial charge on any atom is 0.239 e. The molecule has 4 heteroatoms. The van der Waals surface area contributed by atoms with Crippen molar-refractivity contribution in [1.29, 1.82) is 0 Å². The lowest BCUT2D eigenvalue weighted by atomic mass is 10.4. The van der Waals surface area contributed by atoms with Crippen LogP contribution in [0.3, 0.4) is 0 Å². The van der Waals surface area contributed by atoms with Crippen molar-refractivity contribution in [1.82, 2.24) is 10.6 Å². The summed E-state index contributed by atoms with van der Waals surface area (Å²) in [5, 5.41) is 4.88. The second-order valence-corrected chi connectivity index (χ2v) is 2.22. The number of carbonyl (C=O) groups is 2. The van der Waals surface area contributed by atoms with Gasteiger partial charge in [-0.3, -0.25) is 9.59 Å². The number of rotatable bonds is 4. The molecule has 0 aliphatic rings. The molecule has 0 rings (SSSR count). The number of hydrogen-bond acceptors (Lipinski definition) is 2. The summed E-state index contributed by atoms with van der Waals surface area (Å²) < 4.78 is 0. The average Bonchev–Trinajstić information content (AvgIpc) is 1.82. The Kier molecular flexibility index (Phi) is 4.28. The first-order chi connectivity index (χ1) is 4.66. The molecule has 0 bridgehead atoms. The molecule has 0 aromatic carbocycles. The molecule has 2 amide bonds. The first kappa shape index (κ1) is 8.94. The minimum absolute atomic E-state index is 0.0572. The van der Waals surface area contributed by atoms with Gasteiger partial charge in [-0.25, -0.2) is 0 Å². The summed E-state index contributed by atoms with van der Waals surface area (Å²) in [6.45, 7) is 3.78. The third kappa shape index (κ3) is 5.08. The number of amides is 2. The van der Waals surface area contributed by atoms with Crippen molar-refractivity contribution in [3.8, 4) is 0 Å². The molecule has 0 heterocycles. The van der Waals surface area contributed by atoms with E-state index in [1.54, 1.807) is 0 Å². The van der Waals surface area contributed by atoms with Gasteiger partial charge in [-0.15, -0.1) is 0 Å². The van der Waals surface area contributed by atoms with Crippen LogP contribution in [-0.4, -0.2) is 24.9 Å². The Morgan fingerprint density at radius 2 is 2.20 bits per heavy atom. The maximum atomic E-state index is 10.7. The summed E-state index contributed by atoms with van der Waals surface area (Å²) in [5.74, 6) is -0.165. The largest absolute Gasteiger partial charge is 0.352 e. The van der Waals surface area contributed by atoms with E-state index in [1.807, 2.05) is 13.8 Å². The van der Waals surface area contributed by atoms with Crippen LogP contribution < -0.4 is 10.6 Å². The Morgan fingerprint density at radius 3 is 2.60 bits per heavy atom. The Hall–Kier alpha value is -1.06. The Balaban J connectivity index is 3.34. The van der Waals surface area contributed by atoms with Crippen LogP contribution >= 0.6 is 0 Å². The summed E-state index contributed by atoms with van der Waals surface area (Å²) in [5.41, 5.74) is 0. The number of carbonyl (C=O) groups excluding carboxylic acids is 2. The van der Waals surface area contributed by atoms with E-state index in [0.29, 0.717) is 6.41 Å². The van der Waals surface area contributed by atoms with Gasteiger partial charge in [-0.2, -0.15) is 0 Å². The molecule has 0 saturated carbocycles. The zero-order valence-electron chi connectivity index (χ0n) is 6.18.